The van der Waals surface area contributed by atoms with Crippen molar-refractivity contribution in [1.29, 1.82) is 0 Å². The van der Waals surface area contributed by atoms with Crippen LogP contribution in [-0.4, -0.2) is 39.0 Å². The highest BCUT2D eigenvalue weighted by Crippen LogP contribution is 2.36. The molecule has 0 saturated carbocycles. The van der Waals surface area contributed by atoms with Gasteiger partial charge in [0.1, 0.15) is 5.69 Å². The Hall–Kier alpha value is -1.96. The molecule has 0 unspecified atom stereocenters. The van der Waals surface area contributed by atoms with Crippen LogP contribution in [0.3, 0.4) is 0 Å². The first-order valence-electron chi connectivity index (χ1n) is 9.73. The van der Waals surface area contributed by atoms with Gasteiger partial charge in [0, 0.05) is 17.7 Å². The minimum Gasteiger partial charge on any atom is -0.288 e. The zero-order chi connectivity index (χ0) is 21.2. The maximum atomic E-state index is 13.0. The number of unbranched alkanes of at least 4 members (excludes halogenated alkanes) is 1. The Bertz CT molecular complexity index is 966. The molecule has 3 rings (SSSR count). The number of hydrogen-bond donors (Lipinski definition) is 0. The third kappa shape index (κ3) is 6.27. The van der Waals surface area contributed by atoms with E-state index in [1.165, 1.54) is 0 Å². The average molecular weight is 456 g/mol. The van der Waals surface area contributed by atoms with Crippen molar-refractivity contribution < 1.29 is 4.79 Å². The number of carbonyl (C=O) groups is 1. The SMILES string of the molecule is CSC(SC)=C(SCCCCn1cc(-c2ccccc2)nn1)C(=O)c1ccccc1. The van der Waals surface area contributed by atoms with Crippen molar-refractivity contribution in [2.24, 2.45) is 0 Å². The van der Waals surface area contributed by atoms with E-state index in [-0.39, 0.29) is 5.78 Å². The summed E-state index contributed by atoms with van der Waals surface area (Å²) in [4.78, 5) is 13.9. The third-order valence-electron chi connectivity index (χ3n) is 4.43. The molecule has 0 radical (unpaired) electrons. The normalized spacial score (nSPS) is 10.7. The lowest BCUT2D eigenvalue weighted by Crippen LogP contribution is -2.04. The van der Waals surface area contributed by atoms with Crippen LogP contribution in [0.1, 0.15) is 23.2 Å². The number of carbonyl (C=O) groups excluding carboxylic acids is 1. The highest BCUT2D eigenvalue weighted by atomic mass is 32.2. The van der Waals surface area contributed by atoms with Gasteiger partial charge in [0.15, 0.2) is 0 Å². The summed E-state index contributed by atoms with van der Waals surface area (Å²) in [7, 11) is 0. The van der Waals surface area contributed by atoms with Crippen LogP contribution in [0.2, 0.25) is 0 Å². The predicted molar refractivity (Wildman–Crippen MR) is 132 cm³/mol. The second-order valence-electron chi connectivity index (χ2n) is 6.51. The average Bonchev–Trinajstić information content (AvgIpc) is 3.28. The van der Waals surface area contributed by atoms with Gasteiger partial charge < -0.3 is 0 Å². The van der Waals surface area contributed by atoms with E-state index in [4.69, 9.17) is 0 Å². The van der Waals surface area contributed by atoms with E-state index in [9.17, 15) is 4.79 Å². The first kappa shape index (κ1) is 22.7. The van der Waals surface area contributed by atoms with Crippen LogP contribution in [0, 0.1) is 0 Å². The molecule has 7 heteroatoms. The number of nitrogens with zero attached hydrogens (tertiary/aromatic N) is 3. The number of rotatable bonds is 11. The Kier molecular flexibility index (Phi) is 9.11. The molecule has 4 nitrogen and oxygen atoms in total. The summed E-state index contributed by atoms with van der Waals surface area (Å²) in [5.41, 5.74) is 2.72. The van der Waals surface area contributed by atoms with E-state index in [1.807, 2.05) is 84.1 Å². The second kappa shape index (κ2) is 12.0. The fourth-order valence-electron chi connectivity index (χ4n) is 2.91. The monoisotopic (exact) mass is 455 g/mol. The minimum absolute atomic E-state index is 0.114. The standard InChI is InChI=1S/C23H25N3OS3/c1-28-23(29-2)22(21(27)19-13-7-4-8-14-19)30-16-10-9-15-26-17-20(24-25-26)18-11-5-3-6-12-18/h3-8,11-14,17H,9-10,15-16H2,1-2H3. The molecule has 0 aliphatic heterocycles. The second-order valence-corrected chi connectivity index (χ2v) is 9.51. The fraction of sp³-hybridized carbons (Fsp3) is 0.261. The van der Waals surface area contributed by atoms with Gasteiger partial charge in [-0.3, -0.25) is 9.48 Å². The number of hydrogen-bond acceptors (Lipinski definition) is 6. The molecule has 0 atom stereocenters. The largest absolute Gasteiger partial charge is 0.288 e. The number of Topliss-reactive ketones (excluding diaryl/α,β-unsaturated/α-hetero) is 1. The quantitative estimate of drug-likeness (QED) is 0.194. The van der Waals surface area contributed by atoms with Crippen LogP contribution >= 0.6 is 35.3 Å². The van der Waals surface area contributed by atoms with Gasteiger partial charge in [-0.25, -0.2) is 0 Å². The summed E-state index contributed by atoms with van der Waals surface area (Å²) in [5.74, 6) is 1.02. The van der Waals surface area contributed by atoms with Crippen molar-refractivity contribution >= 4 is 41.1 Å². The van der Waals surface area contributed by atoms with Crippen LogP contribution in [0.4, 0.5) is 0 Å². The Labute approximate surface area is 190 Å². The number of thioether (sulfide) groups is 3. The van der Waals surface area contributed by atoms with Crippen molar-refractivity contribution in [2.75, 3.05) is 18.3 Å². The first-order chi connectivity index (χ1) is 14.7. The number of aromatic nitrogens is 3. The van der Waals surface area contributed by atoms with Crippen LogP contribution in [0.15, 0.2) is 76.0 Å². The van der Waals surface area contributed by atoms with Gasteiger partial charge in [-0.2, -0.15) is 0 Å². The zero-order valence-electron chi connectivity index (χ0n) is 17.2. The molecule has 0 aliphatic carbocycles. The number of allylic oxidation sites excluding steroid dienone is 1. The maximum absolute atomic E-state index is 13.0. The Morgan fingerprint density at radius 2 is 1.60 bits per heavy atom. The zero-order valence-corrected chi connectivity index (χ0v) is 19.6. The molecular formula is C23H25N3OS3. The molecule has 0 fully saturated rings. The van der Waals surface area contributed by atoms with Gasteiger partial charge in [-0.05, 0) is 31.1 Å². The predicted octanol–water partition coefficient (Wildman–Crippen LogP) is 6.24. The van der Waals surface area contributed by atoms with Gasteiger partial charge in [-0.1, -0.05) is 65.9 Å². The molecule has 3 aromatic rings. The van der Waals surface area contributed by atoms with Crippen LogP contribution in [0.25, 0.3) is 11.3 Å². The Morgan fingerprint density at radius 3 is 2.27 bits per heavy atom. The smallest absolute Gasteiger partial charge is 0.201 e. The van der Waals surface area contributed by atoms with Crippen molar-refractivity contribution in [3.05, 3.63) is 81.6 Å². The maximum Gasteiger partial charge on any atom is 0.201 e. The highest BCUT2D eigenvalue weighted by molar-refractivity contribution is 8.22. The van der Waals surface area contributed by atoms with E-state index < -0.39 is 0 Å². The van der Waals surface area contributed by atoms with Gasteiger partial charge in [0.05, 0.1) is 15.3 Å². The topological polar surface area (TPSA) is 47.8 Å². The molecule has 0 aliphatic rings. The van der Waals surface area contributed by atoms with Crippen molar-refractivity contribution in [2.45, 2.75) is 19.4 Å². The summed E-state index contributed by atoms with van der Waals surface area (Å²) in [5, 5.41) is 8.50. The number of benzene rings is 2. The van der Waals surface area contributed by atoms with E-state index in [0.717, 1.165) is 51.1 Å². The van der Waals surface area contributed by atoms with Gasteiger partial charge >= 0.3 is 0 Å². The summed E-state index contributed by atoms with van der Waals surface area (Å²) in [6.07, 6.45) is 8.05. The molecule has 1 heterocycles. The van der Waals surface area contributed by atoms with E-state index in [2.05, 4.69) is 10.3 Å². The Balaban J connectivity index is 1.53. The molecule has 0 amide bonds. The lowest BCUT2D eigenvalue weighted by atomic mass is 10.1. The van der Waals surface area contributed by atoms with Gasteiger partial charge in [-0.15, -0.1) is 40.4 Å². The van der Waals surface area contributed by atoms with Crippen molar-refractivity contribution in [3.63, 3.8) is 0 Å². The van der Waals surface area contributed by atoms with E-state index >= 15 is 0 Å². The lowest BCUT2D eigenvalue weighted by Gasteiger charge is -2.11. The Morgan fingerprint density at radius 1 is 0.933 bits per heavy atom. The molecule has 0 bridgehead atoms. The number of ketones is 1. The van der Waals surface area contributed by atoms with Gasteiger partial charge in [0.2, 0.25) is 5.78 Å². The van der Waals surface area contributed by atoms with Crippen molar-refractivity contribution in [3.8, 4) is 11.3 Å². The molecule has 30 heavy (non-hydrogen) atoms. The van der Waals surface area contributed by atoms with Crippen LogP contribution in [-0.2, 0) is 6.54 Å². The molecule has 0 spiro atoms. The first-order valence-corrected chi connectivity index (χ1v) is 13.2. The van der Waals surface area contributed by atoms with Crippen LogP contribution in [0.5, 0.6) is 0 Å². The van der Waals surface area contributed by atoms with Gasteiger partial charge in [0.25, 0.3) is 0 Å². The summed E-state index contributed by atoms with van der Waals surface area (Å²) < 4.78 is 2.98. The van der Waals surface area contributed by atoms with Crippen LogP contribution < -0.4 is 0 Å². The molecule has 2 aromatic carbocycles. The van der Waals surface area contributed by atoms with Crippen molar-refractivity contribution in [1.82, 2.24) is 15.0 Å². The summed E-state index contributed by atoms with van der Waals surface area (Å²) in [6.45, 7) is 0.823. The molecule has 156 valence electrons. The summed E-state index contributed by atoms with van der Waals surface area (Å²) >= 11 is 4.94. The lowest BCUT2D eigenvalue weighted by molar-refractivity contribution is 0.104. The highest BCUT2D eigenvalue weighted by Gasteiger charge is 2.17. The third-order valence-corrected chi connectivity index (χ3v) is 8.01. The molecular weight excluding hydrogens is 430 g/mol. The summed E-state index contributed by atoms with van der Waals surface area (Å²) in [6, 6.07) is 19.6. The molecule has 1 aromatic heterocycles. The molecule has 0 saturated heterocycles. The molecule has 0 N–H and O–H groups in total. The van der Waals surface area contributed by atoms with E-state index in [1.54, 1.807) is 35.3 Å². The fourth-order valence-corrected chi connectivity index (χ4v) is 5.90. The number of aryl methyl sites for hydroxylation is 1. The minimum atomic E-state index is 0.114. The van der Waals surface area contributed by atoms with E-state index in [0.29, 0.717) is 0 Å².